The maximum absolute atomic E-state index is 9.48. The number of hydrogen-bond acceptors (Lipinski definition) is 2. The molecule has 0 saturated heterocycles. The van der Waals surface area contributed by atoms with E-state index in [1.165, 1.54) is 0 Å². The van der Waals surface area contributed by atoms with E-state index in [0.717, 1.165) is 12.0 Å². The van der Waals surface area contributed by atoms with Crippen LogP contribution in [-0.2, 0) is 6.42 Å². The van der Waals surface area contributed by atoms with Crippen LogP contribution in [0.5, 0.6) is 5.75 Å². The van der Waals surface area contributed by atoms with Gasteiger partial charge in [-0.3, -0.25) is 0 Å². The number of phenolic OH excluding ortho intramolecular Hbond substituents is 1. The number of phenols is 1. The van der Waals surface area contributed by atoms with Crippen molar-refractivity contribution in [3.05, 3.63) is 26.6 Å². The van der Waals surface area contributed by atoms with E-state index in [0.29, 0.717) is 8.95 Å². The molecule has 14 heavy (non-hydrogen) atoms. The summed E-state index contributed by atoms with van der Waals surface area (Å²) in [4.78, 5) is 0. The van der Waals surface area contributed by atoms with E-state index in [4.69, 9.17) is 5.11 Å². The molecule has 2 nitrogen and oxygen atoms in total. The summed E-state index contributed by atoms with van der Waals surface area (Å²) in [5.41, 5.74) is 1.09. The Morgan fingerprint density at radius 3 is 2.21 bits per heavy atom. The normalized spacial score (nSPS) is 12.9. The molecule has 0 aliphatic carbocycles. The molecular weight excluding hydrogens is 312 g/mol. The van der Waals surface area contributed by atoms with Crippen LogP contribution in [-0.4, -0.2) is 16.8 Å². The molecule has 0 amide bonds. The molecule has 78 valence electrons. The summed E-state index contributed by atoms with van der Waals surface area (Å²) in [6, 6.07) is 3.73. The van der Waals surface area contributed by atoms with Crippen molar-refractivity contribution in [2.24, 2.45) is 5.92 Å². The zero-order valence-corrected chi connectivity index (χ0v) is 11.0. The van der Waals surface area contributed by atoms with E-state index < -0.39 is 0 Å². The Kier molecular flexibility index (Phi) is 4.41. The molecular formula is C10H12Br2O2. The summed E-state index contributed by atoms with van der Waals surface area (Å²) in [6.07, 6.45) is 0.800. The van der Waals surface area contributed by atoms with Gasteiger partial charge in [0.1, 0.15) is 5.75 Å². The van der Waals surface area contributed by atoms with E-state index in [-0.39, 0.29) is 18.3 Å². The fraction of sp³-hybridized carbons (Fsp3) is 0.400. The van der Waals surface area contributed by atoms with Gasteiger partial charge in [0.2, 0.25) is 0 Å². The molecule has 0 fully saturated rings. The third-order valence-electron chi connectivity index (χ3n) is 1.97. The number of rotatable bonds is 3. The minimum Gasteiger partial charge on any atom is -0.506 e. The predicted molar refractivity (Wildman–Crippen MR) is 63.5 cm³/mol. The van der Waals surface area contributed by atoms with Crippen LogP contribution in [0.25, 0.3) is 0 Å². The number of aliphatic hydroxyl groups excluding tert-OH is 1. The van der Waals surface area contributed by atoms with Gasteiger partial charge in [0.25, 0.3) is 0 Å². The molecule has 0 saturated carbocycles. The van der Waals surface area contributed by atoms with E-state index in [2.05, 4.69) is 31.9 Å². The average Bonchev–Trinajstić information content (AvgIpc) is 2.14. The van der Waals surface area contributed by atoms with Crippen molar-refractivity contribution in [1.82, 2.24) is 0 Å². The van der Waals surface area contributed by atoms with Crippen molar-refractivity contribution in [3.8, 4) is 5.75 Å². The van der Waals surface area contributed by atoms with Gasteiger partial charge in [-0.15, -0.1) is 0 Å². The van der Waals surface area contributed by atoms with Gasteiger partial charge in [-0.1, -0.05) is 6.92 Å². The Hall–Kier alpha value is -0.0600. The minimum atomic E-state index is 0.177. The monoisotopic (exact) mass is 322 g/mol. The quantitative estimate of drug-likeness (QED) is 0.897. The summed E-state index contributed by atoms with van der Waals surface area (Å²) in [7, 11) is 0. The molecule has 2 N–H and O–H groups in total. The lowest BCUT2D eigenvalue weighted by Gasteiger charge is -2.09. The third-order valence-corrected chi connectivity index (χ3v) is 3.18. The zero-order chi connectivity index (χ0) is 10.7. The molecule has 1 atom stereocenters. The summed E-state index contributed by atoms with van der Waals surface area (Å²) in [5, 5.41) is 18.4. The first kappa shape index (κ1) is 12.0. The summed E-state index contributed by atoms with van der Waals surface area (Å²) in [5.74, 6) is 0.448. The van der Waals surface area contributed by atoms with Gasteiger partial charge in [-0.05, 0) is 61.9 Å². The number of hydrogen-bond donors (Lipinski definition) is 2. The second-order valence-corrected chi connectivity index (χ2v) is 5.11. The Morgan fingerprint density at radius 1 is 1.29 bits per heavy atom. The first-order chi connectivity index (χ1) is 6.54. The highest BCUT2D eigenvalue weighted by molar-refractivity contribution is 9.11. The molecule has 1 unspecified atom stereocenters. The van der Waals surface area contributed by atoms with E-state index in [9.17, 15) is 5.11 Å². The third kappa shape index (κ3) is 2.97. The summed E-state index contributed by atoms with van der Waals surface area (Å²) < 4.78 is 1.35. The number of aromatic hydroxyl groups is 1. The van der Waals surface area contributed by atoms with E-state index in [1.807, 2.05) is 19.1 Å². The van der Waals surface area contributed by atoms with Gasteiger partial charge in [0.05, 0.1) is 8.95 Å². The molecule has 0 aromatic heterocycles. The largest absolute Gasteiger partial charge is 0.506 e. The van der Waals surface area contributed by atoms with Crippen molar-refractivity contribution in [3.63, 3.8) is 0 Å². The fourth-order valence-electron chi connectivity index (χ4n) is 1.20. The Balaban J connectivity index is 2.89. The smallest absolute Gasteiger partial charge is 0.143 e. The van der Waals surface area contributed by atoms with Crippen LogP contribution in [0.2, 0.25) is 0 Å². The lowest BCUT2D eigenvalue weighted by atomic mass is 10.0. The van der Waals surface area contributed by atoms with Crippen molar-refractivity contribution in [2.75, 3.05) is 6.61 Å². The van der Waals surface area contributed by atoms with Gasteiger partial charge in [0.15, 0.2) is 0 Å². The van der Waals surface area contributed by atoms with Crippen molar-refractivity contribution >= 4 is 31.9 Å². The molecule has 0 heterocycles. The van der Waals surface area contributed by atoms with Gasteiger partial charge >= 0.3 is 0 Å². The number of aliphatic hydroxyl groups is 1. The molecule has 0 radical (unpaired) electrons. The highest BCUT2D eigenvalue weighted by Crippen LogP contribution is 2.33. The molecule has 0 bridgehead atoms. The van der Waals surface area contributed by atoms with Crippen LogP contribution in [0.3, 0.4) is 0 Å². The van der Waals surface area contributed by atoms with Gasteiger partial charge in [-0.25, -0.2) is 0 Å². The first-order valence-electron chi connectivity index (χ1n) is 4.32. The second-order valence-electron chi connectivity index (χ2n) is 3.40. The SMILES string of the molecule is CC(CO)Cc1cc(Br)c(O)c(Br)c1. The van der Waals surface area contributed by atoms with Crippen LogP contribution in [0.4, 0.5) is 0 Å². The fourth-order valence-corrected chi connectivity index (χ4v) is 2.48. The van der Waals surface area contributed by atoms with Crippen LogP contribution >= 0.6 is 31.9 Å². The second kappa shape index (κ2) is 5.14. The molecule has 4 heteroatoms. The Bertz CT molecular complexity index is 303. The lowest BCUT2D eigenvalue weighted by Crippen LogP contribution is -2.04. The zero-order valence-electron chi connectivity index (χ0n) is 7.80. The van der Waals surface area contributed by atoms with Gasteiger partial charge < -0.3 is 10.2 Å². The summed E-state index contributed by atoms with van der Waals surface area (Å²) in [6.45, 7) is 2.16. The van der Waals surface area contributed by atoms with Crippen molar-refractivity contribution < 1.29 is 10.2 Å². The van der Waals surface area contributed by atoms with Crippen LogP contribution in [0.1, 0.15) is 12.5 Å². The lowest BCUT2D eigenvalue weighted by molar-refractivity contribution is 0.237. The first-order valence-corrected chi connectivity index (χ1v) is 5.91. The highest BCUT2D eigenvalue weighted by Gasteiger charge is 2.08. The molecule has 1 rings (SSSR count). The standard InChI is InChI=1S/C10H12Br2O2/c1-6(5-13)2-7-3-8(11)10(14)9(12)4-7/h3-4,6,13-14H,2,5H2,1H3. The van der Waals surface area contributed by atoms with E-state index >= 15 is 0 Å². The van der Waals surface area contributed by atoms with Crippen LogP contribution in [0, 0.1) is 5.92 Å². The topological polar surface area (TPSA) is 40.5 Å². The molecule has 1 aromatic rings. The average molecular weight is 324 g/mol. The molecule has 1 aromatic carbocycles. The maximum Gasteiger partial charge on any atom is 0.143 e. The Labute approximate surface area is 100 Å². The van der Waals surface area contributed by atoms with Gasteiger partial charge in [0, 0.05) is 6.61 Å². The molecule has 0 aliphatic heterocycles. The summed E-state index contributed by atoms with van der Waals surface area (Å²) >= 11 is 6.53. The van der Waals surface area contributed by atoms with Crippen LogP contribution < -0.4 is 0 Å². The number of halogens is 2. The van der Waals surface area contributed by atoms with Crippen molar-refractivity contribution in [1.29, 1.82) is 0 Å². The molecule has 0 spiro atoms. The van der Waals surface area contributed by atoms with Gasteiger partial charge in [-0.2, -0.15) is 0 Å². The minimum absolute atomic E-state index is 0.177. The van der Waals surface area contributed by atoms with Crippen molar-refractivity contribution in [2.45, 2.75) is 13.3 Å². The van der Waals surface area contributed by atoms with E-state index in [1.54, 1.807) is 0 Å². The highest BCUT2D eigenvalue weighted by atomic mass is 79.9. The molecule has 0 aliphatic rings. The Morgan fingerprint density at radius 2 is 1.79 bits per heavy atom. The number of benzene rings is 1. The predicted octanol–water partition coefficient (Wildman–Crippen LogP) is 3.09. The maximum atomic E-state index is 9.48. The van der Waals surface area contributed by atoms with Crippen LogP contribution in [0.15, 0.2) is 21.1 Å².